The summed E-state index contributed by atoms with van der Waals surface area (Å²) >= 11 is 4.74. The molecule has 0 N–H and O–H groups in total. The van der Waals surface area contributed by atoms with E-state index in [0.29, 0.717) is 0 Å². The standard InChI is InChI=1S/C9H8BrNOS/c1-2-11-8-6(10)4-3-5-7(8)13-9(11)12/h3-5H,2H2,1H3. The number of para-hydroxylation sites is 1. The summed E-state index contributed by atoms with van der Waals surface area (Å²) in [6, 6.07) is 5.88. The second-order valence-electron chi connectivity index (χ2n) is 2.70. The van der Waals surface area contributed by atoms with Crippen molar-refractivity contribution in [2.24, 2.45) is 0 Å². The molecule has 1 heterocycles. The highest BCUT2D eigenvalue weighted by Crippen LogP contribution is 2.25. The molecule has 13 heavy (non-hydrogen) atoms. The third-order valence-corrected chi connectivity index (χ3v) is 3.54. The summed E-state index contributed by atoms with van der Waals surface area (Å²) in [4.78, 5) is 11.6. The largest absolute Gasteiger partial charge is 0.308 e. The zero-order chi connectivity index (χ0) is 9.42. The maximum atomic E-state index is 11.5. The Balaban J connectivity index is 2.96. The van der Waals surface area contributed by atoms with E-state index in [9.17, 15) is 4.79 Å². The normalized spacial score (nSPS) is 10.9. The van der Waals surface area contributed by atoms with Gasteiger partial charge in [-0.25, -0.2) is 0 Å². The topological polar surface area (TPSA) is 22.0 Å². The molecule has 0 atom stereocenters. The Hall–Kier alpha value is -0.610. The van der Waals surface area contributed by atoms with Gasteiger partial charge in [0, 0.05) is 11.0 Å². The molecule has 0 fully saturated rings. The minimum atomic E-state index is 0.115. The molecular weight excluding hydrogens is 250 g/mol. The molecule has 0 unspecified atom stereocenters. The molecule has 0 aliphatic carbocycles. The van der Waals surface area contributed by atoms with Crippen LogP contribution in [0.15, 0.2) is 27.5 Å². The highest BCUT2D eigenvalue weighted by Gasteiger charge is 2.07. The molecule has 0 spiro atoms. The van der Waals surface area contributed by atoms with Crippen molar-refractivity contribution in [2.75, 3.05) is 0 Å². The molecule has 0 amide bonds. The van der Waals surface area contributed by atoms with Gasteiger partial charge in [0.2, 0.25) is 0 Å². The summed E-state index contributed by atoms with van der Waals surface area (Å²) in [5, 5.41) is 0. The SMILES string of the molecule is CCn1c(=O)sc2cccc(Br)c21. The highest BCUT2D eigenvalue weighted by atomic mass is 79.9. The molecule has 2 nitrogen and oxygen atoms in total. The van der Waals surface area contributed by atoms with Crippen molar-refractivity contribution in [3.63, 3.8) is 0 Å². The Morgan fingerprint density at radius 3 is 3.00 bits per heavy atom. The van der Waals surface area contributed by atoms with E-state index >= 15 is 0 Å². The number of thiazole rings is 1. The van der Waals surface area contributed by atoms with Gasteiger partial charge in [-0.15, -0.1) is 0 Å². The predicted octanol–water partition coefficient (Wildman–Crippen LogP) is 2.85. The molecule has 0 saturated carbocycles. The van der Waals surface area contributed by atoms with Gasteiger partial charge in [0.25, 0.3) is 0 Å². The van der Waals surface area contributed by atoms with E-state index in [2.05, 4.69) is 15.9 Å². The van der Waals surface area contributed by atoms with Crippen molar-refractivity contribution in [3.8, 4) is 0 Å². The van der Waals surface area contributed by atoms with Crippen molar-refractivity contribution in [1.82, 2.24) is 4.57 Å². The number of benzene rings is 1. The first kappa shape index (κ1) is 8.97. The van der Waals surface area contributed by atoms with E-state index < -0.39 is 0 Å². The van der Waals surface area contributed by atoms with E-state index in [-0.39, 0.29) is 4.87 Å². The van der Waals surface area contributed by atoms with E-state index in [4.69, 9.17) is 0 Å². The number of hydrogen-bond acceptors (Lipinski definition) is 2. The lowest BCUT2D eigenvalue weighted by Gasteiger charge is -1.99. The lowest BCUT2D eigenvalue weighted by molar-refractivity contribution is 0.777. The lowest BCUT2D eigenvalue weighted by Crippen LogP contribution is -2.10. The van der Waals surface area contributed by atoms with Crippen LogP contribution in [0, 0.1) is 0 Å². The first-order chi connectivity index (χ1) is 6.24. The van der Waals surface area contributed by atoms with Gasteiger partial charge < -0.3 is 0 Å². The minimum Gasteiger partial charge on any atom is -0.298 e. The number of nitrogens with zero attached hydrogens (tertiary/aromatic N) is 1. The first-order valence-corrected chi connectivity index (χ1v) is 5.63. The van der Waals surface area contributed by atoms with Gasteiger partial charge >= 0.3 is 4.87 Å². The zero-order valence-electron chi connectivity index (χ0n) is 7.08. The van der Waals surface area contributed by atoms with Crippen LogP contribution in [0.25, 0.3) is 10.2 Å². The smallest absolute Gasteiger partial charge is 0.298 e. The van der Waals surface area contributed by atoms with E-state index in [1.807, 2.05) is 25.1 Å². The van der Waals surface area contributed by atoms with Gasteiger partial charge in [0.15, 0.2) is 0 Å². The molecule has 2 rings (SSSR count). The number of halogens is 1. The van der Waals surface area contributed by atoms with Crippen molar-refractivity contribution < 1.29 is 0 Å². The number of aromatic nitrogens is 1. The Labute approximate surface area is 87.9 Å². The molecule has 2 aromatic rings. The lowest BCUT2D eigenvalue weighted by atomic mass is 10.3. The van der Waals surface area contributed by atoms with Crippen LogP contribution in [0.1, 0.15) is 6.92 Å². The Morgan fingerprint density at radius 1 is 1.54 bits per heavy atom. The molecule has 0 aliphatic rings. The van der Waals surface area contributed by atoms with E-state index in [1.54, 1.807) is 4.57 Å². The summed E-state index contributed by atoms with van der Waals surface area (Å²) in [6.07, 6.45) is 0. The van der Waals surface area contributed by atoms with Gasteiger partial charge in [-0.05, 0) is 35.0 Å². The Kier molecular flexibility index (Phi) is 2.26. The van der Waals surface area contributed by atoms with Crippen LogP contribution in [-0.2, 0) is 6.54 Å². The van der Waals surface area contributed by atoms with Gasteiger partial charge in [-0.1, -0.05) is 17.4 Å². The quantitative estimate of drug-likeness (QED) is 0.770. The van der Waals surface area contributed by atoms with Crippen LogP contribution < -0.4 is 4.87 Å². The first-order valence-electron chi connectivity index (χ1n) is 4.02. The summed E-state index contributed by atoms with van der Waals surface area (Å²) in [6.45, 7) is 2.70. The number of rotatable bonds is 1. The van der Waals surface area contributed by atoms with Gasteiger partial charge in [-0.3, -0.25) is 9.36 Å². The number of hydrogen-bond donors (Lipinski definition) is 0. The third kappa shape index (κ3) is 1.34. The van der Waals surface area contributed by atoms with Crippen LogP contribution in [0.2, 0.25) is 0 Å². The fourth-order valence-corrected chi connectivity index (χ4v) is 3.06. The van der Waals surface area contributed by atoms with Crippen LogP contribution in [-0.4, -0.2) is 4.57 Å². The third-order valence-electron chi connectivity index (χ3n) is 1.95. The molecule has 1 aromatic heterocycles. The van der Waals surface area contributed by atoms with Crippen molar-refractivity contribution in [1.29, 1.82) is 0 Å². The van der Waals surface area contributed by atoms with Crippen LogP contribution in [0.5, 0.6) is 0 Å². The van der Waals surface area contributed by atoms with Gasteiger partial charge in [-0.2, -0.15) is 0 Å². The monoisotopic (exact) mass is 257 g/mol. The molecule has 0 saturated heterocycles. The van der Waals surface area contributed by atoms with Gasteiger partial charge in [0.05, 0.1) is 10.2 Å². The second-order valence-corrected chi connectivity index (χ2v) is 4.55. The molecular formula is C9H8BrNOS. The molecule has 0 radical (unpaired) electrons. The zero-order valence-corrected chi connectivity index (χ0v) is 9.48. The fraction of sp³-hybridized carbons (Fsp3) is 0.222. The van der Waals surface area contributed by atoms with Crippen LogP contribution in [0.3, 0.4) is 0 Å². The molecule has 0 aliphatic heterocycles. The fourth-order valence-electron chi connectivity index (χ4n) is 1.37. The predicted molar refractivity (Wildman–Crippen MR) is 59.5 cm³/mol. The maximum Gasteiger partial charge on any atom is 0.308 e. The summed E-state index contributed by atoms with van der Waals surface area (Å²) in [5.74, 6) is 0. The van der Waals surface area contributed by atoms with Crippen LogP contribution in [0.4, 0.5) is 0 Å². The van der Waals surface area contributed by atoms with Crippen molar-refractivity contribution in [3.05, 3.63) is 32.3 Å². The van der Waals surface area contributed by atoms with Gasteiger partial charge in [0.1, 0.15) is 0 Å². The average molecular weight is 258 g/mol. The van der Waals surface area contributed by atoms with Crippen molar-refractivity contribution in [2.45, 2.75) is 13.5 Å². The maximum absolute atomic E-state index is 11.5. The van der Waals surface area contributed by atoms with Crippen molar-refractivity contribution >= 4 is 37.5 Å². The Morgan fingerprint density at radius 2 is 2.31 bits per heavy atom. The number of fused-ring (bicyclic) bond motifs is 1. The molecule has 4 heteroatoms. The highest BCUT2D eigenvalue weighted by molar-refractivity contribution is 9.10. The Bertz CT molecular complexity index is 500. The minimum absolute atomic E-state index is 0.115. The number of aryl methyl sites for hydroxylation is 1. The van der Waals surface area contributed by atoms with Crippen LogP contribution >= 0.6 is 27.3 Å². The summed E-state index contributed by atoms with van der Waals surface area (Å²) in [5.41, 5.74) is 1.01. The van der Waals surface area contributed by atoms with E-state index in [0.717, 1.165) is 21.2 Å². The second kappa shape index (κ2) is 3.27. The summed E-state index contributed by atoms with van der Waals surface area (Å²) in [7, 11) is 0. The van der Waals surface area contributed by atoms with E-state index in [1.165, 1.54) is 11.3 Å². The molecule has 68 valence electrons. The average Bonchev–Trinajstić information content (AvgIpc) is 2.42. The molecule has 0 bridgehead atoms. The summed E-state index contributed by atoms with van der Waals surface area (Å²) < 4.78 is 3.82. The molecule has 1 aromatic carbocycles.